The van der Waals surface area contributed by atoms with Gasteiger partial charge in [-0.05, 0) is 151 Å². The SMILES string of the molecule is CCCCCCCCCCCCCCCCCCCCCCCC(CCCCCCCC)c1c2nc(c([Si]3c4ccccc4-c4c3cccc4C(C)(CCCCCCC)CCCCCCCC)c3nc(c([Si]4c5ccccc5-c5ccccc54)c4ccc(cc5ccc1[nH]5)[nH]4)C=C3)C=C2. The summed E-state index contributed by atoms with van der Waals surface area (Å²) in [5.74, 6) is 0.391. The molecule has 526 valence electrons. The van der Waals surface area contributed by atoms with E-state index in [4.69, 9.17) is 9.97 Å². The summed E-state index contributed by atoms with van der Waals surface area (Å²) in [5, 5.41) is 8.54. The van der Waals surface area contributed by atoms with Crippen LogP contribution < -0.4 is 31.1 Å². The predicted molar refractivity (Wildman–Crippen MR) is 439 cm³/mol. The molecule has 4 aliphatic heterocycles. The molecule has 4 aliphatic rings. The van der Waals surface area contributed by atoms with Crippen LogP contribution in [0.3, 0.4) is 0 Å². The molecule has 4 nitrogen and oxygen atoms in total. The van der Waals surface area contributed by atoms with E-state index in [1.54, 1.807) is 5.56 Å². The molecule has 99 heavy (non-hydrogen) atoms. The van der Waals surface area contributed by atoms with Crippen LogP contribution >= 0.6 is 0 Å². The number of hydrogen-bond donors (Lipinski definition) is 2. The highest BCUT2D eigenvalue weighted by Gasteiger charge is 2.41. The largest absolute Gasteiger partial charge is 0.355 e. The van der Waals surface area contributed by atoms with Crippen LogP contribution in [0.4, 0.5) is 0 Å². The van der Waals surface area contributed by atoms with E-state index in [0.717, 1.165) is 39.3 Å². The molecule has 7 heterocycles. The van der Waals surface area contributed by atoms with Crippen LogP contribution in [0.25, 0.3) is 68.6 Å². The molecule has 7 aromatic rings. The summed E-state index contributed by atoms with van der Waals surface area (Å²) in [4.78, 5) is 20.4. The first kappa shape index (κ1) is 74.1. The van der Waals surface area contributed by atoms with Gasteiger partial charge in [-0.15, -0.1) is 0 Å². The summed E-state index contributed by atoms with van der Waals surface area (Å²) in [6.07, 6.45) is 66.5. The topological polar surface area (TPSA) is 57.4 Å². The Kier molecular flexibility index (Phi) is 29.5. The minimum atomic E-state index is -1.69. The molecular formula is C93H126N4Si2. The Balaban J connectivity index is 0.952. The van der Waals surface area contributed by atoms with E-state index >= 15 is 0 Å². The van der Waals surface area contributed by atoms with Crippen molar-refractivity contribution in [2.24, 2.45) is 0 Å². The Morgan fingerprint density at radius 2 is 0.687 bits per heavy atom. The summed E-state index contributed by atoms with van der Waals surface area (Å²) in [5.41, 5.74) is 17.8. The van der Waals surface area contributed by atoms with Crippen molar-refractivity contribution in [2.45, 2.75) is 316 Å². The maximum absolute atomic E-state index is 6.14. The number of hydrogen-bond acceptors (Lipinski definition) is 2. The highest BCUT2D eigenvalue weighted by molar-refractivity contribution is 7.01. The van der Waals surface area contributed by atoms with Crippen molar-refractivity contribution >= 4 is 95.1 Å². The monoisotopic (exact) mass is 1350 g/mol. The summed E-state index contributed by atoms with van der Waals surface area (Å²) >= 11 is 0. The fourth-order valence-electron chi connectivity index (χ4n) is 17.5. The quantitative estimate of drug-likeness (QED) is 0.0295. The van der Waals surface area contributed by atoms with E-state index in [2.05, 4.69) is 190 Å². The zero-order chi connectivity index (χ0) is 68.3. The van der Waals surface area contributed by atoms with Gasteiger partial charge in [0.15, 0.2) is 17.6 Å². The third-order valence-electron chi connectivity index (χ3n) is 23.1. The van der Waals surface area contributed by atoms with Crippen molar-refractivity contribution in [3.63, 3.8) is 0 Å². The smallest absolute Gasteiger partial charge is 0.161 e. The molecule has 3 aromatic heterocycles. The molecule has 6 heteroatoms. The first-order valence-corrected chi connectivity index (χ1v) is 44.2. The summed E-state index contributed by atoms with van der Waals surface area (Å²) in [6, 6.07) is 47.4. The number of aromatic amines is 2. The highest BCUT2D eigenvalue weighted by atomic mass is 28.3. The lowest BCUT2D eigenvalue weighted by Gasteiger charge is -2.33. The summed E-state index contributed by atoms with van der Waals surface area (Å²) in [6.45, 7) is 12.0. The maximum Gasteiger partial charge on any atom is 0.161 e. The number of unbranched alkanes of at least 4 members (excludes halogenated alkanes) is 34. The Hall–Kier alpha value is -6.09. The van der Waals surface area contributed by atoms with E-state index in [0.29, 0.717) is 5.92 Å². The molecule has 2 unspecified atom stereocenters. The van der Waals surface area contributed by atoms with E-state index in [1.165, 1.54) is 334 Å². The first-order chi connectivity index (χ1) is 48.9. The van der Waals surface area contributed by atoms with Crippen molar-refractivity contribution in [3.8, 4) is 22.3 Å². The van der Waals surface area contributed by atoms with E-state index in [1.807, 2.05) is 0 Å². The molecule has 0 saturated carbocycles. The molecule has 0 fully saturated rings. The highest BCUT2D eigenvalue weighted by Crippen LogP contribution is 2.43. The van der Waals surface area contributed by atoms with Crippen LogP contribution in [0.15, 0.2) is 121 Å². The molecule has 0 spiro atoms. The number of benzene rings is 4. The number of H-pyrrole nitrogens is 2. The van der Waals surface area contributed by atoms with Crippen molar-refractivity contribution in [1.29, 1.82) is 0 Å². The standard InChI is InChI=1S/C93H126N4Si2/c1-6-10-14-18-21-22-23-24-25-26-27-28-29-30-31-32-33-34-35-37-41-52-72(51-40-36-19-15-11-7-2)89-79-63-61-73(94-79)71-74-62-64-81(95-74)91(98-85-57-45-42-53-75(85)76-54-43-46-58-86(76)98)83-67-68-84(97-83)92(82-66-65-80(89)96-82)99-87-59-47-44-55-77(87)90-78(56-50-60-88(90)99)93(5,69-48-38-17-13-9-4)70-49-39-20-16-12-8-3/h42-47,50,53-68,71-72,94-95H,6-41,48-49,51-52,69-70H2,1-5H3. The number of aromatic nitrogens is 4. The zero-order valence-electron chi connectivity index (χ0n) is 62.5. The number of fused-ring (bicyclic) bond motifs is 14. The van der Waals surface area contributed by atoms with Gasteiger partial charge in [0.1, 0.15) is 0 Å². The molecule has 2 N–H and O–H groups in total. The average molecular weight is 1360 g/mol. The van der Waals surface area contributed by atoms with Crippen molar-refractivity contribution in [3.05, 3.63) is 155 Å². The minimum Gasteiger partial charge on any atom is -0.355 e. The molecule has 2 radical (unpaired) electrons. The summed E-state index contributed by atoms with van der Waals surface area (Å²) in [7, 11) is -3.20. The fourth-order valence-corrected chi connectivity index (χ4v) is 23.8. The van der Waals surface area contributed by atoms with Crippen LogP contribution in [0.2, 0.25) is 0 Å². The van der Waals surface area contributed by atoms with Crippen LogP contribution in [-0.2, 0) is 5.41 Å². The Bertz CT molecular complexity index is 3810. The third-order valence-corrected chi connectivity index (χ3v) is 29.0. The second-order valence-electron chi connectivity index (χ2n) is 30.9. The normalized spacial score (nSPS) is 14.1. The fraction of sp³-hybridized carbons (Fsp3) is 0.527. The van der Waals surface area contributed by atoms with Crippen LogP contribution in [0, 0.1) is 0 Å². The Morgan fingerprint density at radius 3 is 1.16 bits per heavy atom. The molecule has 8 bridgehead atoms. The van der Waals surface area contributed by atoms with Crippen molar-refractivity contribution < 1.29 is 0 Å². The second-order valence-corrected chi connectivity index (χ2v) is 35.5. The Labute approximate surface area is 604 Å². The molecule has 2 atom stereocenters. The predicted octanol–water partition coefficient (Wildman–Crippen LogP) is 24.5. The van der Waals surface area contributed by atoms with Crippen LogP contribution in [0.5, 0.6) is 0 Å². The first-order valence-electron chi connectivity index (χ1n) is 41.2. The average Bonchev–Trinajstić information content (AvgIpc) is 1.58. The number of nitrogens with one attached hydrogen (secondary N) is 2. The van der Waals surface area contributed by atoms with E-state index in [9.17, 15) is 0 Å². The van der Waals surface area contributed by atoms with Crippen molar-refractivity contribution in [2.75, 3.05) is 0 Å². The minimum absolute atomic E-state index is 0.0674. The Morgan fingerprint density at radius 1 is 0.333 bits per heavy atom. The molecule has 11 rings (SSSR count). The van der Waals surface area contributed by atoms with Gasteiger partial charge in [0, 0.05) is 27.6 Å². The van der Waals surface area contributed by atoms with E-state index in [-0.39, 0.29) is 5.41 Å². The van der Waals surface area contributed by atoms with Crippen LogP contribution in [-0.4, -0.2) is 37.5 Å². The lowest BCUT2D eigenvalue weighted by Crippen LogP contribution is -2.51. The molecule has 4 aromatic carbocycles. The van der Waals surface area contributed by atoms with Gasteiger partial charge in [0.25, 0.3) is 0 Å². The van der Waals surface area contributed by atoms with Crippen LogP contribution in [0.1, 0.15) is 344 Å². The van der Waals surface area contributed by atoms with Gasteiger partial charge in [-0.1, -0.05) is 370 Å². The number of nitrogens with zero attached hydrogens (tertiary/aromatic N) is 2. The lowest BCUT2D eigenvalue weighted by molar-refractivity contribution is 0.363. The maximum atomic E-state index is 6.14. The van der Waals surface area contributed by atoms with Gasteiger partial charge in [0.2, 0.25) is 0 Å². The van der Waals surface area contributed by atoms with Gasteiger partial charge >= 0.3 is 0 Å². The van der Waals surface area contributed by atoms with Gasteiger partial charge in [-0.2, -0.15) is 0 Å². The van der Waals surface area contributed by atoms with E-state index < -0.39 is 17.6 Å². The molecule has 0 saturated heterocycles. The molecule has 0 amide bonds. The van der Waals surface area contributed by atoms with Gasteiger partial charge < -0.3 is 9.97 Å². The van der Waals surface area contributed by atoms with Crippen molar-refractivity contribution in [1.82, 2.24) is 19.9 Å². The summed E-state index contributed by atoms with van der Waals surface area (Å²) < 4.78 is 0. The molecular weight excluding hydrogens is 1230 g/mol. The van der Waals surface area contributed by atoms with Gasteiger partial charge in [0.05, 0.1) is 22.8 Å². The second kappa shape index (κ2) is 39.4. The van der Waals surface area contributed by atoms with Gasteiger partial charge in [-0.3, -0.25) is 0 Å². The molecule has 0 aliphatic carbocycles. The third kappa shape index (κ3) is 19.6. The van der Waals surface area contributed by atoms with Gasteiger partial charge in [-0.25, -0.2) is 9.97 Å². The zero-order valence-corrected chi connectivity index (χ0v) is 64.5. The lowest BCUT2D eigenvalue weighted by atomic mass is 9.71. The number of rotatable bonds is 46.